The standard InChI is InChI=1S/C14H21N3S/c1-4-6-13(14-7-5-8-18-14)15-9-12-10-16-17(3)11(12)2/h5,7-8,10,13,15H,4,6,9H2,1-3H3. The highest BCUT2D eigenvalue weighted by molar-refractivity contribution is 7.10. The largest absolute Gasteiger partial charge is 0.305 e. The second kappa shape index (κ2) is 6.16. The molecule has 1 unspecified atom stereocenters. The van der Waals surface area contributed by atoms with E-state index < -0.39 is 0 Å². The summed E-state index contributed by atoms with van der Waals surface area (Å²) in [6, 6.07) is 4.81. The highest BCUT2D eigenvalue weighted by Crippen LogP contribution is 2.23. The van der Waals surface area contributed by atoms with Crippen molar-refractivity contribution in [2.24, 2.45) is 7.05 Å². The van der Waals surface area contributed by atoms with E-state index in [1.165, 1.54) is 29.0 Å². The van der Waals surface area contributed by atoms with E-state index in [0.717, 1.165) is 6.54 Å². The lowest BCUT2D eigenvalue weighted by Gasteiger charge is -2.16. The first-order valence-electron chi connectivity index (χ1n) is 6.46. The van der Waals surface area contributed by atoms with Crippen molar-refractivity contribution in [3.8, 4) is 0 Å². The van der Waals surface area contributed by atoms with Gasteiger partial charge in [-0.15, -0.1) is 11.3 Å². The molecule has 4 heteroatoms. The molecule has 0 spiro atoms. The lowest BCUT2D eigenvalue weighted by atomic mass is 10.1. The third kappa shape index (κ3) is 3.00. The Morgan fingerprint density at radius 2 is 2.33 bits per heavy atom. The van der Waals surface area contributed by atoms with Crippen LogP contribution in [0, 0.1) is 6.92 Å². The Morgan fingerprint density at radius 3 is 2.89 bits per heavy atom. The molecule has 0 saturated heterocycles. The zero-order valence-electron chi connectivity index (χ0n) is 11.3. The first-order chi connectivity index (χ1) is 8.72. The maximum atomic E-state index is 4.28. The predicted molar refractivity (Wildman–Crippen MR) is 76.8 cm³/mol. The second-order valence-corrected chi connectivity index (χ2v) is 5.60. The van der Waals surface area contributed by atoms with E-state index in [1.807, 2.05) is 29.3 Å². The highest BCUT2D eigenvalue weighted by Gasteiger charge is 2.12. The lowest BCUT2D eigenvalue weighted by molar-refractivity contribution is 0.499. The molecule has 2 rings (SSSR count). The summed E-state index contributed by atoms with van der Waals surface area (Å²) >= 11 is 1.83. The fourth-order valence-electron chi connectivity index (χ4n) is 2.07. The quantitative estimate of drug-likeness (QED) is 0.865. The van der Waals surface area contributed by atoms with Gasteiger partial charge >= 0.3 is 0 Å². The Hall–Kier alpha value is -1.13. The van der Waals surface area contributed by atoms with Crippen LogP contribution in [0.5, 0.6) is 0 Å². The van der Waals surface area contributed by atoms with Gasteiger partial charge < -0.3 is 5.32 Å². The molecule has 98 valence electrons. The van der Waals surface area contributed by atoms with Crippen LogP contribution in [0.25, 0.3) is 0 Å². The van der Waals surface area contributed by atoms with Gasteiger partial charge in [0.2, 0.25) is 0 Å². The van der Waals surface area contributed by atoms with Crippen LogP contribution in [0.4, 0.5) is 0 Å². The molecule has 2 heterocycles. The van der Waals surface area contributed by atoms with Gasteiger partial charge in [0.15, 0.2) is 0 Å². The lowest BCUT2D eigenvalue weighted by Crippen LogP contribution is -2.20. The van der Waals surface area contributed by atoms with E-state index in [9.17, 15) is 0 Å². The fraction of sp³-hybridized carbons (Fsp3) is 0.500. The topological polar surface area (TPSA) is 29.9 Å². The fourth-order valence-corrected chi connectivity index (χ4v) is 2.91. The van der Waals surface area contributed by atoms with Crippen LogP contribution in [-0.4, -0.2) is 9.78 Å². The molecule has 0 aromatic carbocycles. The van der Waals surface area contributed by atoms with Crippen molar-refractivity contribution in [3.63, 3.8) is 0 Å². The van der Waals surface area contributed by atoms with Gasteiger partial charge in [-0.3, -0.25) is 4.68 Å². The van der Waals surface area contributed by atoms with E-state index in [-0.39, 0.29) is 0 Å². The van der Waals surface area contributed by atoms with E-state index in [2.05, 4.69) is 41.8 Å². The summed E-state index contributed by atoms with van der Waals surface area (Å²) < 4.78 is 1.93. The van der Waals surface area contributed by atoms with Crippen molar-refractivity contribution in [2.75, 3.05) is 0 Å². The minimum atomic E-state index is 0.467. The molecule has 0 saturated carbocycles. The van der Waals surface area contributed by atoms with Crippen LogP contribution in [0.2, 0.25) is 0 Å². The number of rotatable bonds is 6. The molecule has 1 N–H and O–H groups in total. The average molecular weight is 263 g/mol. The van der Waals surface area contributed by atoms with Gasteiger partial charge in [-0.05, 0) is 24.8 Å². The number of nitrogens with zero attached hydrogens (tertiary/aromatic N) is 2. The van der Waals surface area contributed by atoms with Crippen molar-refractivity contribution in [1.82, 2.24) is 15.1 Å². The predicted octanol–water partition coefficient (Wildman–Crippen LogP) is 3.42. The van der Waals surface area contributed by atoms with Crippen molar-refractivity contribution in [3.05, 3.63) is 39.8 Å². The monoisotopic (exact) mass is 263 g/mol. The molecular weight excluding hydrogens is 242 g/mol. The molecule has 0 bridgehead atoms. The number of aromatic nitrogens is 2. The van der Waals surface area contributed by atoms with Crippen LogP contribution in [0.1, 0.15) is 41.9 Å². The first kappa shape index (κ1) is 13.3. The van der Waals surface area contributed by atoms with Crippen molar-refractivity contribution in [2.45, 2.75) is 39.3 Å². The molecule has 18 heavy (non-hydrogen) atoms. The van der Waals surface area contributed by atoms with Crippen LogP contribution in [-0.2, 0) is 13.6 Å². The van der Waals surface area contributed by atoms with E-state index in [0.29, 0.717) is 6.04 Å². The zero-order valence-corrected chi connectivity index (χ0v) is 12.1. The van der Waals surface area contributed by atoms with Crippen molar-refractivity contribution < 1.29 is 0 Å². The molecule has 0 aliphatic heterocycles. The molecule has 2 aromatic heterocycles. The summed E-state index contributed by atoms with van der Waals surface area (Å²) in [6.07, 6.45) is 4.33. The molecule has 0 fully saturated rings. The Morgan fingerprint density at radius 1 is 1.50 bits per heavy atom. The maximum Gasteiger partial charge on any atom is 0.0537 e. The number of hydrogen-bond donors (Lipinski definition) is 1. The van der Waals surface area contributed by atoms with Gasteiger partial charge in [-0.1, -0.05) is 19.4 Å². The third-order valence-corrected chi connectivity index (χ3v) is 4.33. The maximum absolute atomic E-state index is 4.28. The summed E-state index contributed by atoms with van der Waals surface area (Å²) in [5.74, 6) is 0. The van der Waals surface area contributed by atoms with Gasteiger partial charge in [-0.2, -0.15) is 5.10 Å². The smallest absolute Gasteiger partial charge is 0.0537 e. The summed E-state index contributed by atoms with van der Waals surface area (Å²) in [4.78, 5) is 1.43. The summed E-state index contributed by atoms with van der Waals surface area (Å²) in [7, 11) is 1.99. The number of nitrogens with one attached hydrogen (secondary N) is 1. The van der Waals surface area contributed by atoms with Gasteiger partial charge in [0, 0.05) is 35.8 Å². The van der Waals surface area contributed by atoms with E-state index >= 15 is 0 Å². The summed E-state index contributed by atoms with van der Waals surface area (Å²) in [5, 5.41) is 10.1. The molecule has 0 aliphatic rings. The van der Waals surface area contributed by atoms with Crippen LogP contribution < -0.4 is 5.32 Å². The molecular formula is C14H21N3S. The average Bonchev–Trinajstić information content (AvgIpc) is 2.98. The SMILES string of the molecule is CCCC(NCc1cnn(C)c1C)c1cccs1. The Labute approximate surface area is 113 Å². The Kier molecular flexibility index (Phi) is 4.55. The summed E-state index contributed by atoms with van der Waals surface area (Å²) in [6.45, 7) is 5.24. The summed E-state index contributed by atoms with van der Waals surface area (Å²) in [5.41, 5.74) is 2.53. The molecule has 2 aromatic rings. The number of hydrogen-bond acceptors (Lipinski definition) is 3. The van der Waals surface area contributed by atoms with Crippen LogP contribution in [0.3, 0.4) is 0 Å². The zero-order chi connectivity index (χ0) is 13.0. The van der Waals surface area contributed by atoms with Gasteiger partial charge in [0.25, 0.3) is 0 Å². The van der Waals surface area contributed by atoms with Gasteiger partial charge in [0.05, 0.1) is 6.20 Å². The minimum Gasteiger partial charge on any atom is -0.305 e. The molecule has 1 atom stereocenters. The Bertz CT molecular complexity index is 473. The molecule has 0 amide bonds. The van der Waals surface area contributed by atoms with Crippen LogP contribution in [0.15, 0.2) is 23.7 Å². The van der Waals surface area contributed by atoms with Crippen molar-refractivity contribution in [1.29, 1.82) is 0 Å². The third-order valence-electron chi connectivity index (χ3n) is 3.34. The normalized spacial score (nSPS) is 12.8. The van der Waals surface area contributed by atoms with Crippen LogP contribution >= 0.6 is 11.3 Å². The highest BCUT2D eigenvalue weighted by atomic mass is 32.1. The number of thiophene rings is 1. The number of aryl methyl sites for hydroxylation is 1. The van der Waals surface area contributed by atoms with Crippen molar-refractivity contribution >= 4 is 11.3 Å². The second-order valence-electron chi connectivity index (χ2n) is 4.62. The Balaban J connectivity index is 2.00. The minimum absolute atomic E-state index is 0.467. The first-order valence-corrected chi connectivity index (χ1v) is 7.34. The molecule has 3 nitrogen and oxygen atoms in total. The molecule has 0 aliphatic carbocycles. The van der Waals surface area contributed by atoms with E-state index in [4.69, 9.17) is 0 Å². The molecule has 0 radical (unpaired) electrons. The van der Waals surface area contributed by atoms with Gasteiger partial charge in [0.1, 0.15) is 0 Å². The van der Waals surface area contributed by atoms with Gasteiger partial charge in [-0.25, -0.2) is 0 Å². The van der Waals surface area contributed by atoms with E-state index in [1.54, 1.807) is 0 Å².